The quantitative estimate of drug-likeness (QED) is 0.388. The zero-order valence-electron chi connectivity index (χ0n) is 20.5. The number of fused-ring (bicyclic) bond motifs is 1. The lowest BCUT2D eigenvalue weighted by Crippen LogP contribution is -2.53. The van der Waals surface area contributed by atoms with Gasteiger partial charge in [0.15, 0.2) is 5.76 Å². The monoisotopic (exact) mass is 492 g/mol. The first kappa shape index (κ1) is 23.9. The van der Waals surface area contributed by atoms with Crippen LogP contribution in [0, 0.1) is 13.8 Å². The molecule has 4 aromatic rings. The molecule has 2 aromatic heterocycles. The summed E-state index contributed by atoms with van der Waals surface area (Å²) in [5, 5.41) is 15.9. The van der Waals surface area contributed by atoms with Gasteiger partial charge in [0.05, 0.1) is 20.9 Å². The normalized spacial score (nSPS) is 18.2. The molecular formula is C27H32N4O3S. The lowest BCUT2D eigenvalue weighted by Gasteiger charge is -2.40. The molecule has 3 heterocycles. The van der Waals surface area contributed by atoms with E-state index in [9.17, 15) is 5.11 Å². The number of piperazine rings is 1. The molecule has 1 aliphatic heterocycles. The van der Waals surface area contributed by atoms with Gasteiger partial charge in [-0.05, 0) is 32.9 Å². The zero-order valence-corrected chi connectivity index (χ0v) is 21.3. The van der Waals surface area contributed by atoms with Crippen LogP contribution in [0.4, 0.5) is 0 Å². The number of rotatable bonds is 8. The number of aliphatic hydroxyl groups excluding tert-OH is 1. The lowest BCUT2D eigenvalue weighted by atomic mass is 10.0. The first-order chi connectivity index (χ1) is 17.0. The average molecular weight is 493 g/mol. The van der Waals surface area contributed by atoms with Crippen molar-refractivity contribution < 1.29 is 14.4 Å². The van der Waals surface area contributed by atoms with Crippen molar-refractivity contribution in [3.63, 3.8) is 0 Å². The molecule has 0 spiro atoms. The van der Waals surface area contributed by atoms with Crippen LogP contribution in [-0.4, -0.2) is 70.0 Å². The summed E-state index contributed by atoms with van der Waals surface area (Å²) in [5.41, 5.74) is 4.10. The fourth-order valence-corrected chi connectivity index (χ4v) is 5.53. The van der Waals surface area contributed by atoms with Gasteiger partial charge in [-0.15, -0.1) is 11.3 Å². The van der Waals surface area contributed by atoms with Crippen LogP contribution in [0.1, 0.15) is 23.2 Å². The Balaban J connectivity index is 1.13. The number of ether oxygens (including phenoxy) is 1. The standard InChI is InChI=1S/C27H32N4O3S/c1-18-14-30(15-22(32)17-33-23-9-10-26-25(13-23)28-20(3)35-26)11-12-31(18)16-24-19(2)29-34-27(24)21-7-5-4-6-8-21/h4-10,13,18,22,32H,11-12,14-17H2,1-3H3/t18-,22+/m0/s1. The van der Waals surface area contributed by atoms with Crippen molar-refractivity contribution in [2.45, 2.75) is 39.5 Å². The second-order valence-electron chi connectivity index (χ2n) is 9.35. The van der Waals surface area contributed by atoms with Crippen molar-refractivity contribution in [2.75, 3.05) is 32.8 Å². The molecule has 0 radical (unpaired) electrons. The average Bonchev–Trinajstić information content (AvgIpc) is 3.40. The van der Waals surface area contributed by atoms with Crippen molar-refractivity contribution in [3.8, 4) is 17.1 Å². The smallest absolute Gasteiger partial charge is 0.171 e. The van der Waals surface area contributed by atoms with Crippen molar-refractivity contribution in [1.82, 2.24) is 19.9 Å². The van der Waals surface area contributed by atoms with Crippen molar-refractivity contribution in [1.29, 1.82) is 0 Å². The third kappa shape index (κ3) is 5.56. The second-order valence-corrected chi connectivity index (χ2v) is 10.6. The van der Waals surface area contributed by atoms with Crippen LogP contribution in [-0.2, 0) is 6.54 Å². The van der Waals surface area contributed by atoms with Crippen molar-refractivity contribution >= 4 is 21.6 Å². The van der Waals surface area contributed by atoms with Crippen molar-refractivity contribution in [3.05, 3.63) is 64.8 Å². The fourth-order valence-electron chi connectivity index (χ4n) is 4.72. The molecule has 0 bridgehead atoms. The Kier molecular flexibility index (Phi) is 7.15. The summed E-state index contributed by atoms with van der Waals surface area (Å²) in [6, 6.07) is 16.4. The van der Waals surface area contributed by atoms with E-state index < -0.39 is 6.10 Å². The Morgan fingerprint density at radius 2 is 2.00 bits per heavy atom. The predicted molar refractivity (Wildman–Crippen MR) is 139 cm³/mol. The number of hydrogen-bond donors (Lipinski definition) is 1. The van der Waals surface area contributed by atoms with Gasteiger partial charge in [0.2, 0.25) is 0 Å². The summed E-state index contributed by atoms with van der Waals surface area (Å²) in [7, 11) is 0. The number of hydrogen-bond acceptors (Lipinski definition) is 8. The Labute approximate surface area is 209 Å². The van der Waals surface area contributed by atoms with Gasteiger partial charge in [0.25, 0.3) is 0 Å². The maximum Gasteiger partial charge on any atom is 0.171 e. The van der Waals surface area contributed by atoms with Crippen molar-refractivity contribution in [2.24, 2.45) is 0 Å². The highest BCUT2D eigenvalue weighted by Gasteiger charge is 2.27. The molecule has 0 aliphatic carbocycles. The highest BCUT2D eigenvalue weighted by molar-refractivity contribution is 7.18. The number of thiazole rings is 1. The summed E-state index contributed by atoms with van der Waals surface area (Å²) in [5.74, 6) is 1.61. The second kappa shape index (κ2) is 10.5. The molecular weight excluding hydrogens is 460 g/mol. The van der Waals surface area contributed by atoms with E-state index in [1.165, 1.54) is 0 Å². The van der Waals surface area contributed by atoms with Gasteiger partial charge in [-0.1, -0.05) is 35.5 Å². The molecule has 35 heavy (non-hydrogen) atoms. The number of nitrogens with zero attached hydrogens (tertiary/aromatic N) is 4. The van der Waals surface area contributed by atoms with Gasteiger partial charge < -0.3 is 14.4 Å². The molecule has 1 saturated heterocycles. The molecule has 2 atom stereocenters. The Bertz CT molecular complexity index is 1270. The summed E-state index contributed by atoms with van der Waals surface area (Å²) in [4.78, 5) is 9.31. The molecule has 184 valence electrons. The van der Waals surface area contributed by atoms with E-state index in [0.717, 1.165) is 69.7 Å². The van der Waals surface area contributed by atoms with E-state index in [1.54, 1.807) is 11.3 Å². The minimum atomic E-state index is -0.549. The first-order valence-corrected chi connectivity index (χ1v) is 12.9. The van der Waals surface area contributed by atoms with Gasteiger partial charge in [0, 0.05) is 56.0 Å². The number of aromatic nitrogens is 2. The lowest BCUT2D eigenvalue weighted by molar-refractivity contribution is 0.0256. The van der Waals surface area contributed by atoms with Gasteiger partial charge in [-0.2, -0.15) is 0 Å². The third-order valence-electron chi connectivity index (χ3n) is 6.61. The Morgan fingerprint density at radius 3 is 2.80 bits per heavy atom. The van der Waals surface area contributed by atoms with Crippen LogP contribution in [0.2, 0.25) is 0 Å². The maximum atomic E-state index is 10.6. The largest absolute Gasteiger partial charge is 0.491 e. The molecule has 0 unspecified atom stereocenters. The minimum absolute atomic E-state index is 0.267. The van der Waals surface area contributed by atoms with E-state index in [2.05, 4.69) is 39.0 Å². The number of β-amino-alcohol motifs (C(OH)–C–C–N with tert-alkyl or cyclic N) is 1. The molecule has 8 heteroatoms. The third-order valence-corrected chi connectivity index (χ3v) is 7.56. The van der Waals surface area contributed by atoms with E-state index in [0.29, 0.717) is 12.6 Å². The molecule has 0 amide bonds. The van der Waals surface area contributed by atoms with Gasteiger partial charge in [-0.3, -0.25) is 9.80 Å². The number of aryl methyl sites for hydroxylation is 2. The molecule has 2 aromatic carbocycles. The van der Waals surface area contributed by atoms with Crippen LogP contribution >= 0.6 is 11.3 Å². The van der Waals surface area contributed by atoms with E-state index >= 15 is 0 Å². The molecule has 5 rings (SSSR count). The molecule has 7 nitrogen and oxygen atoms in total. The number of aliphatic hydroxyl groups is 1. The molecule has 1 aliphatic rings. The van der Waals surface area contributed by atoms with E-state index in [1.807, 2.05) is 50.2 Å². The molecule has 1 N–H and O–H groups in total. The SMILES string of the molecule is Cc1nc2cc(OC[C@H](O)CN3CCN(Cc4c(C)noc4-c4ccccc4)[C@@H](C)C3)ccc2s1. The molecule has 1 fully saturated rings. The van der Waals surface area contributed by atoms with E-state index in [4.69, 9.17) is 9.26 Å². The summed E-state index contributed by atoms with van der Waals surface area (Å²) in [6.07, 6.45) is -0.549. The summed E-state index contributed by atoms with van der Waals surface area (Å²) >= 11 is 1.67. The minimum Gasteiger partial charge on any atom is -0.491 e. The zero-order chi connectivity index (χ0) is 24.4. The van der Waals surface area contributed by atoms with Crippen LogP contribution in [0.3, 0.4) is 0 Å². The first-order valence-electron chi connectivity index (χ1n) is 12.1. The van der Waals surface area contributed by atoms with Gasteiger partial charge >= 0.3 is 0 Å². The van der Waals surface area contributed by atoms with Crippen LogP contribution in [0.25, 0.3) is 21.5 Å². The Morgan fingerprint density at radius 1 is 1.17 bits per heavy atom. The topological polar surface area (TPSA) is 74.9 Å². The fraction of sp³-hybridized carbons (Fsp3) is 0.407. The predicted octanol–water partition coefficient (Wildman–Crippen LogP) is 4.51. The highest BCUT2D eigenvalue weighted by Crippen LogP contribution is 2.29. The Hall–Kier alpha value is -2.78. The van der Waals surface area contributed by atoms with Crippen LogP contribution in [0.5, 0.6) is 5.75 Å². The molecule has 0 saturated carbocycles. The number of benzene rings is 2. The summed E-state index contributed by atoms with van der Waals surface area (Å²) < 4.78 is 12.7. The van der Waals surface area contributed by atoms with E-state index in [-0.39, 0.29) is 6.61 Å². The maximum absolute atomic E-state index is 10.6. The highest BCUT2D eigenvalue weighted by atomic mass is 32.1. The summed E-state index contributed by atoms with van der Waals surface area (Å²) in [6.45, 7) is 10.6. The van der Waals surface area contributed by atoms with Gasteiger partial charge in [-0.25, -0.2) is 4.98 Å². The van der Waals surface area contributed by atoms with Crippen LogP contribution in [0.15, 0.2) is 53.1 Å². The van der Waals surface area contributed by atoms with Crippen LogP contribution < -0.4 is 4.74 Å². The van der Waals surface area contributed by atoms with Gasteiger partial charge in [0.1, 0.15) is 18.5 Å².